The number of carbonyl (C=O) groups excluding carboxylic acids is 5. The molecule has 1 fully saturated rings. The van der Waals surface area contributed by atoms with E-state index in [1.165, 1.54) is 0 Å². The lowest BCUT2D eigenvalue weighted by atomic mass is 9.94. The van der Waals surface area contributed by atoms with Crippen LogP contribution in [0.25, 0.3) is 0 Å². The maximum atomic E-state index is 13.4. The van der Waals surface area contributed by atoms with E-state index in [1.54, 1.807) is 27.7 Å². The number of hydrogen-bond acceptors (Lipinski definition) is 8. The summed E-state index contributed by atoms with van der Waals surface area (Å²) < 4.78 is 39.3. The standard InChI is InChI=1S/C26H36F3N7O7/c1-12(2)9-16(22(39)33-15(10-14-5-7-31-21(14)38)20(37)24(41)32-13(3)4)34-23(40)17(35-25(42)43)11-19-30-8-6-18(36-19)26(27,28)29/h6,8,12-17,35H,5,7,9-11H2,1-4H3,(H,31,38)(H,32,41)(H,33,39)(H,34,40)(H,42,43)/t14-,15-,16-,17-/m0/s1. The van der Waals surface area contributed by atoms with Crippen molar-refractivity contribution in [1.29, 1.82) is 0 Å². The van der Waals surface area contributed by atoms with E-state index in [2.05, 4.69) is 31.2 Å². The molecule has 0 radical (unpaired) electrons. The minimum absolute atomic E-state index is 0.000436. The molecule has 238 valence electrons. The minimum Gasteiger partial charge on any atom is -0.465 e. The molecular formula is C26H36F3N7O7. The SMILES string of the molecule is CC(C)C[C@H](NC(=O)[C@H](Cc1nccc(C(F)(F)F)n1)NC(=O)O)C(=O)N[C@@H](C[C@@H]1CCNC1=O)C(=O)C(=O)NC(C)C. The van der Waals surface area contributed by atoms with Crippen molar-refractivity contribution in [3.05, 3.63) is 23.8 Å². The van der Waals surface area contributed by atoms with Gasteiger partial charge in [-0.1, -0.05) is 13.8 Å². The lowest BCUT2D eigenvalue weighted by Gasteiger charge is -2.26. The van der Waals surface area contributed by atoms with Crippen LogP contribution < -0.4 is 26.6 Å². The second-order valence-electron chi connectivity index (χ2n) is 10.8. The molecule has 0 aromatic carbocycles. The number of nitrogens with one attached hydrogen (secondary N) is 5. The van der Waals surface area contributed by atoms with Crippen molar-refractivity contribution in [2.75, 3.05) is 6.54 Å². The molecule has 5 amide bonds. The number of ketones is 1. The van der Waals surface area contributed by atoms with Crippen LogP contribution in [0.15, 0.2) is 12.3 Å². The van der Waals surface area contributed by atoms with Gasteiger partial charge in [-0.2, -0.15) is 13.2 Å². The minimum atomic E-state index is -4.81. The number of carboxylic acid groups (broad SMARTS) is 1. The number of nitrogens with zero attached hydrogens (tertiary/aromatic N) is 2. The average molecular weight is 616 g/mol. The summed E-state index contributed by atoms with van der Waals surface area (Å²) in [6.07, 6.45) is -6.15. The zero-order valence-corrected chi connectivity index (χ0v) is 24.1. The number of hydrogen-bond donors (Lipinski definition) is 6. The normalized spacial score (nSPS) is 17.0. The average Bonchev–Trinajstić information content (AvgIpc) is 3.29. The van der Waals surface area contributed by atoms with Gasteiger partial charge < -0.3 is 31.7 Å². The fourth-order valence-electron chi connectivity index (χ4n) is 4.32. The third-order valence-corrected chi connectivity index (χ3v) is 6.30. The van der Waals surface area contributed by atoms with Crippen molar-refractivity contribution >= 4 is 35.5 Å². The quantitative estimate of drug-likeness (QED) is 0.159. The summed E-state index contributed by atoms with van der Waals surface area (Å²) >= 11 is 0. The van der Waals surface area contributed by atoms with Crippen molar-refractivity contribution in [2.45, 2.75) is 83.7 Å². The number of carbonyl (C=O) groups is 6. The van der Waals surface area contributed by atoms with Crippen LogP contribution in [-0.4, -0.2) is 81.3 Å². The molecular weight excluding hydrogens is 579 g/mol. The first kappa shape index (κ1) is 34.9. The van der Waals surface area contributed by atoms with E-state index in [0.29, 0.717) is 19.0 Å². The zero-order valence-electron chi connectivity index (χ0n) is 24.1. The Morgan fingerprint density at radius 3 is 2.16 bits per heavy atom. The number of amides is 5. The molecule has 43 heavy (non-hydrogen) atoms. The van der Waals surface area contributed by atoms with Crippen molar-refractivity contribution in [3.8, 4) is 0 Å². The van der Waals surface area contributed by atoms with Gasteiger partial charge in [-0.25, -0.2) is 14.8 Å². The van der Waals surface area contributed by atoms with Crippen molar-refractivity contribution < 1.29 is 47.0 Å². The lowest BCUT2D eigenvalue weighted by Crippen LogP contribution is -2.58. The van der Waals surface area contributed by atoms with Crippen molar-refractivity contribution in [1.82, 2.24) is 36.6 Å². The Hall–Kier alpha value is -4.31. The van der Waals surface area contributed by atoms with Crippen molar-refractivity contribution in [3.63, 3.8) is 0 Å². The largest absolute Gasteiger partial charge is 0.465 e. The highest BCUT2D eigenvalue weighted by Gasteiger charge is 2.37. The highest BCUT2D eigenvalue weighted by Crippen LogP contribution is 2.27. The number of Topliss-reactive ketones (excluding diaryl/α,β-unsaturated/α-hetero) is 1. The van der Waals surface area contributed by atoms with Crippen LogP contribution in [0, 0.1) is 11.8 Å². The molecule has 14 nitrogen and oxygen atoms in total. The van der Waals surface area contributed by atoms with Crippen LogP contribution in [0.3, 0.4) is 0 Å². The smallest absolute Gasteiger partial charge is 0.433 e. The maximum absolute atomic E-state index is 13.4. The van der Waals surface area contributed by atoms with Crippen molar-refractivity contribution in [2.24, 2.45) is 11.8 Å². The predicted molar refractivity (Wildman–Crippen MR) is 143 cm³/mol. The summed E-state index contributed by atoms with van der Waals surface area (Å²) in [4.78, 5) is 82.6. The van der Waals surface area contributed by atoms with Gasteiger partial charge in [-0.05, 0) is 45.1 Å². The van der Waals surface area contributed by atoms with Gasteiger partial charge in [0, 0.05) is 31.1 Å². The van der Waals surface area contributed by atoms with Gasteiger partial charge in [0.25, 0.3) is 5.91 Å². The first-order chi connectivity index (χ1) is 20.0. The number of halogens is 3. The molecule has 17 heteroatoms. The lowest BCUT2D eigenvalue weighted by molar-refractivity contribution is -0.141. The van der Waals surface area contributed by atoms with Crippen LogP contribution in [0.4, 0.5) is 18.0 Å². The van der Waals surface area contributed by atoms with Gasteiger partial charge in [0.1, 0.15) is 23.6 Å². The Balaban J connectivity index is 2.29. The second-order valence-corrected chi connectivity index (χ2v) is 10.8. The second kappa shape index (κ2) is 15.2. The predicted octanol–water partition coefficient (Wildman–Crippen LogP) is 0.310. The van der Waals surface area contributed by atoms with E-state index in [4.69, 9.17) is 0 Å². The topological polar surface area (TPSA) is 209 Å². The molecule has 1 saturated heterocycles. The van der Waals surface area contributed by atoms with Gasteiger partial charge in [-0.3, -0.25) is 24.0 Å². The van der Waals surface area contributed by atoms with Crippen LogP contribution in [0.2, 0.25) is 0 Å². The fourth-order valence-corrected chi connectivity index (χ4v) is 4.32. The first-order valence-electron chi connectivity index (χ1n) is 13.6. The third kappa shape index (κ3) is 11.1. The Morgan fingerprint density at radius 2 is 1.63 bits per heavy atom. The number of alkyl halides is 3. The fraction of sp³-hybridized carbons (Fsp3) is 0.615. The highest BCUT2D eigenvalue weighted by molar-refractivity contribution is 6.38. The van der Waals surface area contributed by atoms with E-state index < -0.39 is 83.8 Å². The van der Waals surface area contributed by atoms with E-state index in [9.17, 15) is 47.0 Å². The summed E-state index contributed by atoms with van der Waals surface area (Å²) in [5.74, 6) is -5.63. The summed E-state index contributed by atoms with van der Waals surface area (Å²) in [5.41, 5.74) is -1.29. The molecule has 6 N–H and O–H groups in total. The Morgan fingerprint density at radius 1 is 1.00 bits per heavy atom. The van der Waals surface area contributed by atoms with Gasteiger partial charge in [0.2, 0.25) is 23.5 Å². The van der Waals surface area contributed by atoms with Crippen LogP contribution in [0.1, 0.15) is 58.5 Å². The third-order valence-electron chi connectivity index (χ3n) is 6.30. The molecule has 1 aromatic heterocycles. The van der Waals surface area contributed by atoms with Gasteiger partial charge in [-0.15, -0.1) is 0 Å². The number of aromatic nitrogens is 2. The molecule has 0 unspecified atom stereocenters. The van der Waals surface area contributed by atoms with Crippen LogP contribution in [-0.2, 0) is 36.6 Å². The summed E-state index contributed by atoms with van der Waals surface area (Å²) in [6, 6.07) is -4.25. The molecule has 1 aromatic rings. The van der Waals surface area contributed by atoms with E-state index >= 15 is 0 Å². The molecule has 4 atom stereocenters. The summed E-state index contributed by atoms with van der Waals surface area (Å²) in [7, 11) is 0. The molecule has 2 rings (SSSR count). The monoisotopic (exact) mass is 615 g/mol. The van der Waals surface area contributed by atoms with Gasteiger partial charge in [0.05, 0.1) is 6.04 Å². The van der Waals surface area contributed by atoms with Gasteiger partial charge >= 0.3 is 12.3 Å². The summed E-state index contributed by atoms with van der Waals surface area (Å²) in [5, 5.41) is 21.0. The Labute approximate surface area is 245 Å². The molecule has 1 aliphatic heterocycles. The molecule has 1 aliphatic rings. The zero-order chi connectivity index (χ0) is 32.5. The Kier molecular flexibility index (Phi) is 12.4. The van der Waals surface area contributed by atoms with Crippen LogP contribution >= 0.6 is 0 Å². The van der Waals surface area contributed by atoms with E-state index in [0.717, 1.165) is 6.20 Å². The van der Waals surface area contributed by atoms with E-state index in [1.807, 2.05) is 5.32 Å². The first-order valence-corrected chi connectivity index (χ1v) is 13.6. The molecule has 0 saturated carbocycles. The maximum Gasteiger partial charge on any atom is 0.433 e. The summed E-state index contributed by atoms with van der Waals surface area (Å²) in [6.45, 7) is 7.05. The highest BCUT2D eigenvalue weighted by atomic mass is 19.4. The van der Waals surface area contributed by atoms with Crippen LogP contribution in [0.5, 0.6) is 0 Å². The molecule has 0 spiro atoms. The molecule has 2 heterocycles. The van der Waals surface area contributed by atoms with E-state index in [-0.39, 0.29) is 24.7 Å². The molecule has 0 aliphatic carbocycles. The molecule has 0 bridgehead atoms. The Bertz CT molecular complexity index is 1210. The number of rotatable bonds is 14. The van der Waals surface area contributed by atoms with Gasteiger partial charge in [0.15, 0.2) is 0 Å².